The highest BCUT2D eigenvalue weighted by molar-refractivity contribution is 6.08. The zero-order valence-electron chi connectivity index (χ0n) is 13.0. The number of amides is 1. The molecule has 0 bridgehead atoms. The number of rotatable bonds is 4. The molecule has 0 aliphatic rings. The summed E-state index contributed by atoms with van der Waals surface area (Å²) < 4.78 is 5.15. The summed E-state index contributed by atoms with van der Waals surface area (Å²) in [5, 5.41) is 9.78. The number of anilines is 1. The molecule has 5 heteroatoms. The number of benzene rings is 2. The number of hydrogen-bond acceptors (Lipinski definition) is 3. The molecule has 2 aromatic carbocycles. The number of ether oxygens (including phenoxy) is 1. The molecule has 0 radical (unpaired) electrons. The molecule has 0 fully saturated rings. The molecule has 5 nitrogen and oxygen atoms in total. The molecule has 23 heavy (non-hydrogen) atoms. The van der Waals surface area contributed by atoms with E-state index in [0.29, 0.717) is 11.3 Å². The molecular formula is C18H17N3O2. The predicted octanol–water partition coefficient (Wildman–Crippen LogP) is 3.65. The van der Waals surface area contributed by atoms with Gasteiger partial charge in [0, 0.05) is 11.3 Å². The van der Waals surface area contributed by atoms with Crippen molar-refractivity contribution in [3.8, 4) is 17.0 Å². The molecule has 0 unspecified atom stereocenters. The van der Waals surface area contributed by atoms with Crippen molar-refractivity contribution in [2.75, 3.05) is 12.4 Å². The van der Waals surface area contributed by atoms with Crippen molar-refractivity contribution < 1.29 is 9.53 Å². The molecule has 2 N–H and O–H groups in total. The molecule has 0 saturated heterocycles. The maximum absolute atomic E-state index is 12.5. The summed E-state index contributed by atoms with van der Waals surface area (Å²) in [6, 6.07) is 15.1. The van der Waals surface area contributed by atoms with Gasteiger partial charge in [-0.2, -0.15) is 5.10 Å². The van der Waals surface area contributed by atoms with E-state index in [2.05, 4.69) is 15.5 Å². The van der Waals surface area contributed by atoms with Gasteiger partial charge in [-0.15, -0.1) is 0 Å². The molecule has 1 aromatic heterocycles. The van der Waals surface area contributed by atoms with E-state index in [4.69, 9.17) is 4.74 Å². The molecular weight excluding hydrogens is 290 g/mol. The zero-order chi connectivity index (χ0) is 16.2. The number of methoxy groups -OCH3 is 1. The molecule has 0 spiro atoms. The van der Waals surface area contributed by atoms with E-state index < -0.39 is 0 Å². The number of aromatic amines is 1. The van der Waals surface area contributed by atoms with Crippen LogP contribution in [-0.4, -0.2) is 23.2 Å². The summed E-state index contributed by atoms with van der Waals surface area (Å²) in [5.41, 5.74) is 3.90. The summed E-state index contributed by atoms with van der Waals surface area (Å²) in [4.78, 5) is 12.5. The molecule has 3 aromatic rings. The minimum Gasteiger partial charge on any atom is -0.497 e. The van der Waals surface area contributed by atoms with Gasteiger partial charge in [0.15, 0.2) is 0 Å². The third-order valence-corrected chi connectivity index (χ3v) is 3.54. The van der Waals surface area contributed by atoms with Crippen LogP contribution in [0.25, 0.3) is 11.3 Å². The fourth-order valence-corrected chi connectivity index (χ4v) is 2.36. The molecule has 0 saturated carbocycles. The molecule has 0 aliphatic carbocycles. The van der Waals surface area contributed by atoms with Crippen LogP contribution in [0.4, 0.5) is 5.69 Å². The van der Waals surface area contributed by atoms with Crippen molar-refractivity contribution in [2.45, 2.75) is 6.92 Å². The Morgan fingerprint density at radius 2 is 1.96 bits per heavy atom. The highest BCUT2D eigenvalue weighted by Crippen LogP contribution is 2.24. The van der Waals surface area contributed by atoms with Crippen molar-refractivity contribution in [3.05, 3.63) is 65.9 Å². The Balaban J connectivity index is 1.86. The fourth-order valence-electron chi connectivity index (χ4n) is 2.36. The van der Waals surface area contributed by atoms with E-state index in [0.717, 1.165) is 22.6 Å². The Morgan fingerprint density at radius 3 is 2.65 bits per heavy atom. The third-order valence-electron chi connectivity index (χ3n) is 3.54. The number of nitrogens with one attached hydrogen (secondary N) is 2. The van der Waals surface area contributed by atoms with Gasteiger partial charge in [0.25, 0.3) is 5.91 Å². The topological polar surface area (TPSA) is 67.0 Å². The second kappa shape index (κ2) is 6.36. The van der Waals surface area contributed by atoms with Crippen LogP contribution >= 0.6 is 0 Å². The van der Waals surface area contributed by atoms with Gasteiger partial charge < -0.3 is 10.1 Å². The van der Waals surface area contributed by atoms with E-state index in [1.54, 1.807) is 7.11 Å². The maximum atomic E-state index is 12.5. The van der Waals surface area contributed by atoms with Gasteiger partial charge in [0.2, 0.25) is 0 Å². The smallest absolute Gasteiger partial charge is 0.259 e. The molecule has 1 heterocycles. The lowest BCUT2D eigenvalue weighted by molar-refractivity contribution is 0.102. The first-order chi connectivity index (χ1) is 11.2. The van der Waals surface area contributed by atoms with E-state index in [1.165, 1.54) is 6.20 Å². The Labute approximate surface area is 134 Å². The fraction of sp³-hybridized carbons (Fsp3) is 0.111. The minimum atomic E-state index is -0.199. The standard InChI is InChI=1S/C18H17N3O2/c1-12-4-3-5-14(10-12)20-18(22)16-11-19-21-17(16)13-6-8-15(23-2)9-7-13/h3-11H,1-2H3,(H,19,21)(H,20,22). The van der Waals surface area contributed by atoms with E-state index in [-0.39, 0.29) is 5.91 Å². The monoisotopic (exact) mass is 307 g/mol. The van der Waals surface area contributed by atoms with Crippen molar-refractivity contribution in [1.82, 2.24) is 10.2 Å². The number of aromatic nitrogens is 2. The number of aryl methyl sites for hydroxylation is 1. The number of H-pyrrole nitrogens is 1. The van der Waals surface area contributed by atoms with E-state index >= 15 is 0 Å². The molecule has 3 rings (SSSR count). The molecule has 1 amide bonds. The number of carbonyl (C=O) groups is 1. The SMILES string of the molecule is COc1ccc(-c2[nH]ncc2C(=O)Nc2cccc(C)c2)cc1. The number of carbonyl (C=O) groups excluding carboxylic acids is 1. The van der Waals surface area contributed by atoms with Gasteiger partial charge in [0.1, 0.15) is 5.75 Å². The Kier molecular flexibility index (Phi) is 4.10. The van der Waals surface area contributed by atoms with Gasteiger partial charge in [0.05, 0.1) is 24.6 Å². The van der Waals surface area contributed by atoms with Crippen molar-refractivity contribution in [2.24, 2.45) is 0 Å². The third kappa shape index (κ3) is 3.23. The lowest BCUT2D eigenvalue weighted by Gasteiger charge is -2.07. The van der Waals surface area contributed by atoms with Gasteiger partial charge >= 0.3 is 0 Å². The van der Waals surface area contributed by atoms with Crippen LogP contribution < -0.4 is 10.1 Å². The summed E-state index contributed by atoms with van der Waals surface area (Å²) in [7, 11) is 1.62. The first-order valence-corrected chi connectivity index (χ1v) is 7.23. The predicted molar refractivity (Wildman–Crippen MR) is 89.7 cm³/mol. The van der Waals surface area contributed by atoms with Crippen LogP contribution in [0.3, 0.4) is 0 Å². The van der Waals surface area contributed by atoms with E-state index in [9.17, 15) is 4.79 Å². The van der Waals surface area contributed by atoms with Gasteiger partial charge in [-0.25, -0.2) is 0 Å². The average Bonchev–Trinajstić information content (AvgIpc) is 3.05. The summed E-state index contributed by atoms with van der Waals surface area (Å²) in [5.74, 6) is 0.564. The zero-order valence-corrected chi connectivity index (χ0v) is 13.0. The van der Waals surface area contributed by atoms with Crippen LogP contribution in [0.5, 0.6) is 5.75 Å². The highest BCUT2D eigenvalue weighted by Gasteiger charge is 2.15. The van der Waals surface area contributed by atoms with Crippen LogP contribution in [0.15, 0.2) is 54.7 Å². The number of hydrogen-bond donors (Lipinski definition) is 2. The van der Waals surface area contributed by atoms with Crippen molar-refractivity contribution >= 4 is 11.6 Å². The first kappa shape index (κ1) is 14.8. The Bertz CT molecular complexity index is 822. The van der Waals surface area contributed by atoms with Crippen molar-refractivity contribution in [1.29, 1.82) is 0 Å². The lowest BCUT2D eigenvalue weighted by Crippen LogP contribution is -2.12. The lowest BCUT2D eigenvalue weighted by atomic mass is 10.1. The highest BCUT2D eigenvalue weighted by atomic mass is 16.5. The van der Waals surface area contributed by atoms with Crippen LogP contribution in [-0.2, 0) is 0 Å². The molecule has 0 aliphatic heterocycles. The maximum Gasteiger partial charge on any atom is 0.259 e. The minimum absolute atomic E-state index is 0.199. The molecule has 0 atom stereocenters. The summed E-state index contributed by atoms with van der Waals surface area (Å²) in [6.45, 7) is 1.98. The second-order valence-corrected chi connectivity index (χ2v) is 5.21. The van der Waals surface area contributed by atoms with Gasteiger partial charge in [-0.3, -0.25) is 9.89 Å². The van der Waals surface area contributed by atoms with Crippen LogP contribution in [0.1, 0.15) is 15.9 Å². The van der Waals surface area contributed by atoms with Gasteiger partial charge in [-0.1, -0.05) is 12.1 Å². The normalized spacial score (nSPS) is 10.3. The average molecular weight is 307 g/mol. The summed E-state index contributed by atoms with van der Waals surface area (Å²) >= 11 is 0. The first-order valence-electron chi connectivity index (χ1n) is 7.23. The van der Waals surface area contributed by atoms with Crippen LogP contribution in [0.2, 0.25) is 0 Å². The number of nitrogens with zero attached hydrogens (tertiary/aromatic N) is 1. The largest absolute Gasteiger partial charge is 0.497 e. The summed E-state index contributed by atoms with van der Waals surface area (Å²) in [6.07, 6.45) is 1.53. The quantitative estimate of drug-likeness (QED) is 0.773. The van der Waals surface area contributed by atoms with Gasteiger partial charge in [-0.05, 0) is 48.9 Å². The second-order valence-electron chi connectivity index (χ2n) is 5.21. The Morgan fingerprint density at radius 1 is 1.17 bits per heavy atom. The molecule has 116 valence electrons. The van der Waals surface area contributed by atoms with Crippen LogP contribution in [0, 0.1) is 6.92 Å². The van der Waals surface area contributed by atoms with E-state index in [1.807, 2.05) is 55.5 Å². The van der Waals surface area contributed by atoms with Crippen molar-refractivity contribution in [3.63, 3.8) is 0 Å². The Hall–Kier alpha value is -3.08.